The van der Waals surface area contributed by atoms with Gasteiger partial charge in [0.1, 0.15) is 11.4 Å². The third-order valence-electron chi connectivity index (χ3n) is 5.39. The fourth-order valence-corrected chi connectivity index (χ4v) is 4.94. The number of carbonyl (C=O) groups excluding carboxylic acids is 1. The van der Waals surface area contributed by atoms with Crippen LogP contribution in [0.2, 0.25) is 0 Å². The Labute approximate surface area is 188 Å². The summed E-state index contributed by atoms with van der Waals surface area (Å²) >= 11 is 1.60. The Morgan fingerprint density at radius 1 is 1.16 bits per heavy atom. The molecule has 1 fully saturated rings. The second-order valence-electron chi connectivity index (χ2n) is 7.98. The summed E-state index contributed by atoms with van der Waals surface area (Å²) < 4.78 is 11.1. The van der Waals surface area contributed by atoms with Crippen molar-refractivity contribution in [3.63, 3.8) is 0 Å². The first-order chi connectivity index (χ1) is 15.0. The maximum absolute atomic E-state index is 13.4. The largest absolute Gasteiger partial charge is 0.497 e. The van der Waals surface area contributed by atoms with Crippen molar-refractivity contribution >= 4 is 34.6 Å². The van der Waals surface area contributed by atoms with Gasteiger partial charge in [0.05, 0.1) is 18.9 Å². The molecule has 6 heteroatoms. The van der Waals surface area contributed by atoms with Crippen molar-refractivity contribution in [3.05, 3.63) is 64.9 Å². The minimum atomic E-state index is -0.104. The van der Waals surface area contributed by atoms with Gasteiger partial charge in [0.15, 0.2) is 5.17 Å². The molecule has 0 aliphatic carbocycles. The normalized spacial score (nSPS) is 20.3. The van der Waals surface area contributed by atoms with Crippen LogP contribution in [0.1, 0.15) is 36.0 Å². The van der Waals surface area contributed by atoms with Crippen LogP contribution in [0, 0.1) is 13.8 Å². The molecule has 0 aromatic heterocycles. The molecule has 1 saturated heterocycles. The molecule has 1 atom stereocenters. The summed E-state index contributed by atoms with van der Waals surface area (Å²) in [6.07, 6.45) is 5.44. The fourth-order valence-electron chi connectivity index (χ4n) is 3.86. The summed E-state index contributed by atoms with van der Waals surface area (Å²) in [6.45, 7) is 4.91. The highest BCUT2D eigenvalue weighted by Crippen LogP contribution is 2.32. The molecule has 5 nitrogen and oxygen atoms in total. The SMILES string of the molecule is COc1ccc(/C=C2\N=C(SC[C@H]3CCCCO3)N(c3cc(C)cc(C)c3)C2=O)cc1. The van der Waals surface area contributed by atoms with Gasteiger partial charge >= 0.3 is 0 Å². The molecule has 31 heavy (non-hydrogen) atoms. The van der Waals surface area contributed by atoms with Crippen molar-refractivity contribution < 1.29 is 14.3 Å². The highest BCUT2D eigenvalue weighted by Gasteiger charge is 2.33. The summed E-state index contributed by atoms with van der Waals surface area (Å²) in [5.41, 5.74) is 4.45. The van der Waals surface area contributed by atoms with Crippen molar-refractivity contribution in [2.45, 2.75) is 39.2 Å². The highest BCUT2D eigenvalue weighted by molar-refractivity contribution is 8.14. The van der Waals surface area contributed by atoms with Gasteiger partial charge in [-0.3, -0.25) is 9.69 Å². The van der Waals surface area contributed by atoms with Gasteiger partial charge < -0.3 is 9.47 Å². The van der Waals surface area contributed by atoms with Crippen LogP contribution < -0.4 is 9.64 Å². The van der Waals surface area contributed by atoms with Crippen LogP contribution in [0.3, 0.4) is 0 Å². The van der Waals surface area contributed by atoms with Crippen LogP contribution in [0.4, 0.5) is 5.69 Å². The average molecular weight is 437 g/mol. The molecule has 0 N–H and O–H groups in total. The Balaban J connectivity index is 1.63. The third-order valence-corrected chi connectivity index (χ3v) is 6.46. The molecular formula is C25H28N2O3S. The number of hydrogen-bond acceptors (Lipinski definition) is 5. The number of methoxy groups -OCH3 is 1. The van der Waals surface area contributed by atoms with E-state index in [2.05, 4.69) is 6.07 Å². The number of amidine groups is 1. The number of aryl methyl sites for hydroxylation is 2. The molecule has 2 heterocycles. The van der Waals surface area contributed by atoms with E-state index in [1.54, 1.807) is 23.8 Å². The number of carbonyl (C=O) groups is 1. The molecule has 1 amide bonds. The van der Waals surface area contributed by atoms with E-state index in [-0.39, 0.29) is 12.0 Å². The molecule has 4 rings (SSSR count). The van der Waals surface area contributed by atoms with E-state index in [0.717, 1.165) is 53.3 Å². The Morgan fingerprint density at radius 3 is 2.55 bits per heavy atom. The van der Waals surface area contributed by atoms with Crippen molar-refractivity contribution in [3.8, 4) is 5.75 Å². The molecule has 2 aliphatic heterocycles. The Hall–Kier alpha value is -2.57. The Morgan fingerprint density at radius 2 is 1.90 bits per heavy atom. The van der Waals surface area contributed by atoms with Gasteiger partial charge in [0.2, 0.25) is 0 Å². The van der Waals surface area contributed by atoms with Crippen LogP contribution >= 0.6 is 11.8 Å². The second-order valence-corrected chi connectivity index (χ2v) is 8.97. The zero-order valence-corrected chi connectivity index (χ0v) is 19.1. The molecule has 0 radical (unpaired) electrons. The quantitative estimate of drug-likeness (QED) is 0.592. The number of aliphatic imine (C=N–C) groups is 1. The number of thioether (sulfide) groups is 1. The van der Waals surface area contributed by atoms with Gasteiger partial charge in [-0.05, 0) is 80.1 Å². The van der Waals surface area contributed by atoms with Gasteiger partial charge in [0, 0.05) is 12.4 Å². The predicted molar refractivity (Wildman–Crippen MR) is 128 cm³/mol. The predicted octanol–water partition coefficient (Wildman–Crippen LogP) is 5.36. The zero-order valence-electron chi connectivity index (χ0n) is 18.3. The minimum absolute atomic E-state index is 0.104. The summed E-state index contributed by atoms with van der Waals surface area (Å²) in [7, 11) is 1.64. The van der Waals surface area contributed by atoms with Gasteiger partial charge in [-0.1, -0.05) is 30.0 Å². The van der Waals surface area contributed by atoms with E-state index in [9.17, 15) is 4.79 Å². The molecule has 2 aliphatic rings. The molecule has 0 saturated carbocycles. The summed E-state index contributed by atoms with van der Waals surface area (Å²) in [4.78, 5) is 19.9. The van der Waals surface area contributed by atoms with Crippen LogP contribution in [-0.2, 0) is 9.53 Å². The number of benzene rings is 2. The van der Waals surface area contributed by atoms with Gasteiger partial charge in [0.25, 0.3) is 5.91 Å². The van der Waals surface area contributed by atoms with Crippen LogP contribution in [-0.4, -0.2) is 36.6 Å². The third kappa shape index (κ3) is 5.20. The Kier molecular flexibility index (Phi) is 6.78. The van der Waals surface area contributed by atoms with Crippen molar-refractivity contribution in [1.82, 2.24) is 0 Å². The average Bonchev–Trinajstić information content (AvgIpc) is 3.08. The van der Waals surface area contributed by atoms with Crippen molar-refractivity contribution in [1.29, 1.82) is 0 Å². The number of hydrogen-bond donors (Lipinski definition) is 0. The van der Waals surface area contributed by atoms with E-state index in [4.69, 9.17) is 14.5 Å². The molecule has 0 spiro atoms. The smallest absolute Gasteiger partial charge is 0.283 e. The second kappa shape index (κ2) is 9.71. The molecule has 2 aromatic rings. The van der Waals surface area contributed by atoms with Crippen LogP contribution in [0.15, 0.2) is 53.2 Å². The fraction of sp³-hybridized carbons (Fsp3) is 0.360. The number of nitrogens with zero attached hydrogens (tertiary/aromatic N) is 2. The van der Waals surface area contributed by atoms with Crippen molar-refractivity contribution in [2.75, 3.05) is 24.4 Å². The maximum atomic E-state index is 13.4. The van der Waals surface area contributed by atoms with E-state index in [1.165, 1.54) is 6.42 Å². The molecule has 162 valence electrons. The van der Waals surface area contributed by atoms with Crippen LogP contribution in [0.25, 0.3) is 6.08 Å². The van der Waals surface area contributed by atoms with E-state index in [1.807, 2.05) is 56.3 Å². The summed E-state index contributed by atoms with van der Waals surface area (Å²) in [5, 5.41) is 0.712. The number of amides is 1. The monoisotopic (exact) mass is 436 g/mol. The lowest BCUT2D eigenvalue weighted by molar-refractivity contribution is -0.113. The van der Waals surface area contributed by atoms with Gasteiger partial charge in [-0.2, -0.15) is 0 Å². The lowest BCUT2D eigenvalue weighted by Gasteiger charge is -2.24. The van der Waals surface area contributed by atoms with E-state index in [0.29, 0.717) is 10.9 Å². The van der Waals surface area contributed by atoms with Gasteiger partial charge in [-0.25, -0.2) is 4.99 Å². The lowest BCUT2D eigenvalue weighted by atomic mass is 10.1. The van der Waals surface area contributed by atoms with Crippen LogP contribution in [0.5, 0.6) is 5.75 Å². The summed E-state index contributed by atoms with van der Waals surface area (Å²) in [6, 6.07) is 13.8. The number of rotatable bonds is 5. The van der Waals surface area contributed by atoms with Crippen molar-refractivity contribution in [2.24, 2.45) is 4.99 Å². The number of ether oxygens (including phenoxy) is 2. The number of anilines is 1. The molecular weight excluding hydrogens is 408 g/mol. The highest BCUT2D eigenvalue weighted by atomic mass is 32.2. The minimum Gasteiger partial charge on any atom is -0.497 e. The first-order valence-electron chi connectivity index (χ1n) is 10.6. The Bertz CT molecular complexity index is 988. The maximum Gasteiger partial charge on any atom is 0.283 e. The topological polar surface area (TPSA) is 51.1 Å². The standard InChI is InChI=1S/C25H28N2O3S/c1-17-12-18(2)14-20(13-17)27-24(28)23(15-19-7-9-21(29-3)10-8-19)26-25(27)31-16-22-6-4-5-11-30-22/h7-10,12-15,22H,4-6,11,16H2,1-3H3/b23-15-/t22-/m1/s1. The first-order valence-corrected chi connectivity index (χ1v) is 11.6. The lowest BCUT2D eigenvalue weighted by Crippen LogP contribution is -2.32. The molecule has 0 unspecified atom stereocenters. The molecule has 0 bridgehead atoms. The van der Waals surface area contributed by atoms with E-state index < -0.39 is 0 Å². The zero-order chi connectivity index (χ0) is 21.8. The summed E-state index contributed by atoms with van der Waals surface area (Å²) in [5.74, 6) is 1.47. The molecule has 2 aromatic carbocycles. The van der Waals surface area contributed by atoms with Gasteiger partial charge in [-0.15, -0.1) is 0 Å². The van der Waals surface area contributed by atoms with E-state index >= 15 is 0 Å². The first kappa shape index (κ1) is 21.7.